The lowest BCUT2D eigenvalue weighted by Crippen LogP contribution is -2.45. The molecule has 1 aromatic carbocycles. The van der Waals surface area contributed by atoms with Crippen LogP contribution in [0.25, 0.3) is 0 Å². The van der Waals surface area contributed by atoms with Crippen molar-refractivity contribution in [2.45, 2.75) is 25.0 Å². The minimum atomic E-state index is -0.343. The Morgan fingerprint density at radius 2 is 2.08 bits per heavy atom. The van der Waals surface area contributed by atoms with E-state index in [2.05, 4.69) is 10.6 Å². The third-order valence-electron chi connectivity index (χ3n) is 4.26. The summed E-state index contributed by atoms with van der Waals surface area (Å²) >= 11 is 1.33. The Hall–Kier alpha value is -1.60. The predicted octanol–water partition coefficient (Wildman–Crippen LogP) is 2.34. The molecule has 5 nitrogen and oxygen atoms in total. The van der Waals surface area contributed by atoms with Crippen molar-refractivity contribution in [1.29, 1.82) is 0 Å². The van der Waals surface area contributed by atoms with E-state index in [1.807, 2.05) is 18.9 Å². The van der Waals surface area contributed by atoms with Gasteiger partial charge < -0.3 is 15.5 Å². The highest BCUT2D eigenvalue weighted by atomic mass is 32.2. The number of amides is 2. The number of likely N-dealkylation sites (tertiary alicyclic amines) is 1. The summed E-state index contributed by atoms with van der Waals surface area (Å²) in [6, 6.07) is 5.63. The highest BCUT2D eigenvalue weighted by Gasteiger charge is 2.27. The highest BCUT2D eigenvalue weighted by molar-refractivity contribution is 8.01. The molecule has 2 rings (SSSR count). The van der Waals surface area contributed by atoms with Crippen LogP contribution in [0, 0.1) is 11.7 Å². The van der Waals surface area contributed by atoms with Gasteiger partial charge in [-0.15, -0.1) is 11.8 Å². The molecular weight excluding hydrogens is 341 g/mol. The van der Waals surface area contributed by atoms with Gasteiger partial charge in [-0.2, -0.15) is 0 Å². The maximum atomic E-state index is 12.9. The Morgan fingerprint density at radius 1 is 1.36 bits per heavy atom. The van der Waals surface area contributed by atoms with Crippen LogP contribution in [0.2, 0.25) is 0 Å². The Bertz CT molecular complexity index is 580. The molecule has 1 heterocycles. The Labute approximate surface area is 152 Å². The van der Waals surface area contributed by atoms with Gasteiger partial charge in [0.2, 0.25) is 11.8 Å². The van der Waals surface area contributed by atoms with Crippen LogP contribution in [-0.2, 0) is 9.59 Å². The van der Waals surface area contributed by atoms with Gasteiger partial charge in [0, 0.05) is 18.8 Å². The van der Waals surface area contributed by atoms with Gasteiger partial charge in [0.05, 0.1) is 11.0 Å². The first-order valence-corrected chi connectivity index (χ1v) is 9.65. The van der Waals surface area contributed by atoms with Gasteiger partial charge in [-0.25, -0.2) is 4.39 Å². The third-order valence-corrected chi connectivity index (χ3v) is 5.39. The Morgan fingerprint density at radius 3 is 2.76 bits per heavy atom. The Balaban J connectivity index is 1.76. The lowest BCUT2D eigenvalue weighted by molar-refractivity contribution is -0.132. The third kappa shape index (κ3) is 6.32. The summed E-state index contributed by atoms with van der Waals surface area (Å²) in [5, 5.41) is 5.62. The molecule has 0 bridgehead atoms. The normalized spacial score (nSPS) is 18.7. The highest BCUT2D eigenvalue weighted by Crippen LogP contribution is 2.20. The second-order valence-electron chi connectivity index (χ2n) is 6.36. The summed E-state index contributed by atoms with van der Waals surface area (Å²) in [5.41, 5.74) is 0.553. The number of piperidine rings is 1. The molecule has 0 radical (unpaired) electrons. The van der Waals surface area contributed by atoms with Crippen molar-refractivity contribution < 1.29 is 14.0 Å². The van der Waals surface area contributed by atoms with Gasteiger partial charge in [-0.1, -0.05) is 0 Å². The summed E-state index contributed by atoms with van der Waals surface area (Å²) in [6.07, 6.45) is 2.17. The summed E-state index contributed by atoms with van der Waals surface area (Å²) in [6.45, 7) is 4.35. The number of carbonyl (C=O) groups excluding carboxylic acids is 2. The molecule has 0 spiro atoms. The molecule has 25 heavy (non-hydrogen) atoms. The van der Waals surface area contributed by atoms with E-state index in [1.54, 1.807) is 0 Å². The van der Waals surface area contributed by atoms with E-state index in [0.29, 0.717) is 11.6 Å². The number of nitrogens with zero attached hydrogens (tertiary/aromatic N) is 1. The van der Waals surface area contributed by atoms with Crippen LogP contribution >= 0.6 is 11.8 Å². The zero-order chi connectivity index (χ0) is 18.2. The van der Waals surface area contributed by atoms with E-state index in [0.717, 1.165) is 32.5 Å². The second-order valence-corrected chi connectivity index (χ2v) is 7.69. The van der Waals surface area contributed by atoms with Crippen LogP contribution in [0.3, 0.4) is 0 Å². The number of anilines is 1. The summed E-state index contributed by atoms with van der Waals surface area (Å²) in [4.78, 5) is 26.5. The van der Waals surface area contributed by atoms with Crippen LogP contribution in [0.4, 0.5) is 10.1 Å². The van der Waals surface area contributed by atoms with E-state index in [9.17, 15) is 14.0 Å². The van der Waals surface area contributed by atoms with Crippen LogP contribution in [0.5, 0.6) is 0 Å². The largest absolute Gasteiger partial charge is 0.341 e. The molecule has 1 saturated heterocycles. The molecule has 1 aliphatic heterocycles. The quantitative estimate of drug-likeness (QED) is 0.777. The van der Waals surface area contributed by atoms with E-state index < -0.39 is 0 Å². The fourth-order valence-electron chi connectivity index (χ4n) is 2.98. The zero-order valence-electron chi connectivity index (χ0n) is 14.8. The maximum absolute atomic E-state index is 12.9. The molecule has 0 aliphatic carbocycles. The fourth-order valence-corrected chi connectivity index (χ4v) is 3.75. The topological polar surface area (TPSA) is 61.4 Å². The van der Waals surface area contributed by atoms with Gasteiger partial charge in [-0.05, 0) is 63.5 Å². The predicted molar refractivity (Wildman–Crippen MR) is 100 cm³/mol. The lowest BCUT2D eigenvalue weighted by Gasteiger charge is -2.34. The zero-order valence-corrected chi connectivity index (χ0v) is 15.6. The molecular formula is C18H26FN3O2S. The van der Waals surface area contributed by atoms with E-state index in [1.165, 1.54) is 36.0 Å². The van der Waals surface area contributed by atoms with Gasteiger partial charge in [-0.3, -0.25) is 9.59 Å². The number of rotatable bonds is 7. The molecule has 1 aliphatic rings. The van der Waals surface area contributed by atoms with Gasteiger partial charge in [0.1, 0.15) is 5.82 Å². The van der Waals surface area contributed by atoms with Crippen molar-refractivity contribution >= 4 is 29.3 Å². The fraction of sp³-hybridized carbons (Fsp3) is 0.556. The molecule has 138 valence electrons. The maximum Gasteiger partial charge on any atom is 0.235 e. The summed E-state index contributed by atoms with van der Waals surface area (Å²) in [7, 11) is 1.93. The monoisotopic (exact) mass is 367 g/mol. The van der Waals surface area contributed by atoms with Gasteiger partial charge in [0.25, 0.3) is 0 Å². The van der Waals surface area contributed by atoms with Crippen LogP contribution in [0.15, 0.2) is 24.3 Å². The van der Waals surface area contributed by atoms with Gasteiger partial charge in [0.15, 0.2) is 0 Å². The molecule has 2 N–H and O–H groups in total. The number of hydrogen-bond acceptors (Lipinski definition) is 4. The second kappa shape index (κ2) is 9.77. The van der Waals surface area contributed by atoms with Crippen molar-refractivity contribution in [2.75, 3.05) is 37.8 Å². The van der Waals surface area contributed by atoms with Crippen molar-refractivity contribution in [2.24, 2.45) is 5.92 Å². The first-order chi connectivity index (χ1) is 12.0. The summed E-state index contributed by atoms with van der Waals surface area (Å²) < 4.78 is 12.9. The van der Waals surface area contributed by atoms with Crippen LogP contribution < -0.4 is 10.6 Å². The van der Waals surface area contributed by atoms with Crippen LogP contribution in [-0.4, -0.2) is 54.4 Å². The van der Waals surface area contributed by atoms with E-state index in [-0.39, 0.29) is 28.6 Å². The summed E-state index contributed by atoms with van der Waals surface area (Å²) in [5.74, 6) is 0.257. The minimum absolute atomic E-state index is 0.0976. The van der Waals surface area contributed by atoms with E-state index in [4.69, 9.17) is 0 Å². The molecule has 1 aromatic rings. The molecule has 0 aromatic heterocycles. The molecule has 7 heteroatoms. The van der Waals surface area contributed by atoms with Gasteiger partial charge >= 0.3 is 0 Å². The molecule has 2 atom stereocenters. The number of halogens is 1. The number of hydrogen-bond donors (Lipinski definition) is 2. The number of nitrogens with one attached hydrogen (secondary N) is 2. The molecule has 1 fully saturated rings. The van der Waals surface area contributed by atoms with E-state index >= 15 is 0 Å². The van der Waals surface area contributed by atoms with Crippen molar-refractivity contribution in [3.8, 4) is 0 Å². The average molecular weight is 367 g/mol. The van der Waals surface area contributed by atoms with Crippen LogP contribution in [0.1, 0.15) is 19.8 Å². The first kappa shape index (κ1) is 19.7. The van der Waals surface area contributed by atoms with Crippen molar-refractivity contribution in [3.63, 3.8) is 0 Å². The molecule has 0 saturated carbocycles. The van der Waals surface area contributed by atoms with Crippen molar-refractivity contribution in [3.05, 3.63) is 30.1 Å². The smallest absolute Gasteiger partial charge is 0.235 e. The number of carbonyl (C=O) groups is 2. The Kier molecular flexibility index (Phi) is 7.71. The molecule has 2 amide bonds. The average Bonchev–Trinajstić information content (AvgIpc) is 2.61. The SMILES string of the molecule is CNCC1CCCN(C(=O)C(C)SCC(=O)Nc2ccc(F)cc2)C1. The van der Waals surface area contributed by atoms with Crippen molar-refractivity contribution in [1.82, 2.24) is 10.2 Å². The standard InChI is InChI=1S/C18H26FN3O2S/c1-13(18(24)22-9-3-4-14(11-22)10-20-2)25-12-17(23)21-16-7-5-15(19)6-8-16/h5-8,13-14,20H,3-4,9-12H2,1-2H3,(H,21,23). The number of thioether (sulfide) groups is 1. The number of benzene rings is 1. The first-order valence-electron chi connectivity index (χ1n) is 8.60. The minimum Gasteiger partial charge on any atom is -0.341 e. The lowest BCUT2D eigenvalue weighted by atomic mass is 9.98. The molecule has 2 unspecified atom stereocenters.